The molecule has 0 aliphatic heterocycles. The first-order valence-corrected chi connectivity index (χ1v) is 11.2. The van der Waals surface area contributed by atoms with Gasteiger partial charge >= 0.3 is 5.97 Å². The summed E-state index contributed by atoms with van der Waals surface area (Å²) < 4.78 is 47.4. The molecule has 0 aromatic heterocycles. The van der Waals surface area contributed by atoms with E-state index < -0.39 is 27.4 Å². The molecule has 0 amide bonds. The summed E-state index contributed by atoms with van der Waals surface area (Å²) in [6, 6.07) is 9.52. The molecule has 6 nitrogen and oxygen atoms in total. The van der Waals surface area contributed by atoms with E-state index in [0.717, 1.165) is 11.6 Å². The molecule has 164 valence electrons. The van der Waals surface area contributed by atoms with Gasteiger partial charge in [0.05, 0.1) is 11.5 Å². The predicted octanol–water partition coefficient (Wildman–Crippen LogP) is 4.25. The smallest absolute Gasteiger partial charge is 0.339 e. The summed E-state index contributed by atoms with van der Waals surface area (Å²) in [5, 5.41) is 9.40. The predicted molar refractivity (Wildman–Crippen MR) is 113 cm³/mol. The third-order valence-electron chi connectivity index (χ3n) is 4.75. The molecule has 0 radical (unpaired) electrons. The van der Waals surface area contributed by atoms with Crippen LogP contribution in [0.3, 0.4) is 0 Å². The number of carbonyl (C=O) groups is 1. The molecule has 0 saturated carbocycles. The van der Waals surface area contributed by atoms with Crippen LogP contribution in [0.25, 0.3) is 0 Å². The van der Waals surface area contributed by atoms with Crippen LogP contribution in [0.2, 0.25) is 0 Å². The van der Waals surface area contributed by atoms with E-state index in [-0.39, 0.29) is 28.6 Å². The number of carboxylic acids is 1. The highest BCUT2D eigenvalue weighted by molar-refractivity contribution is 7.89. The van der Waals surface area contributed by atoms with Crippen LogP contribution in [0.1, 0.15) is 50.0 Å². The maximum atomic E-state index is 13.4. The fraction of sp³-hybridized carbons (Fsp3) is 0.409. The lowest BCUT2D eigenvalue weighted by Crippen LogP contribution is -2.44. The largest absolute Gasteiger partial charge is 0.493 e. The number of hydrogen-bond acceptors (Lipinski definition) is 4. The van der Waals surface area contributed by atoms with Crippen LogP contribution in [0, 0.1) is 11.2 Å². The van der Waals surface area contributed by atoms with Gasteiger partial charge < -0.3 is 9.84 Å². The maximum absolute atomic E-state index is 13.4. The van der Waals surface area contributed by atoms with Crippen LogP contribution in [0.5, 0.6) is 5.75 Å². The molecule has 0 bridgehead atoms. The first-order valence-electron chi connectivity index (χ1n) is 9.71. The lowest BCUT2D eigenvalue weighted by molar-refractivity contribution is 0.0692. The summed E-state index contributed by atoms with van der Waals surface area (Å²) in [4.78, 5) is 11.4. The van der Waals surface area contributed by atoms with E-state index in [1.165, 1.54) is 24.3 Å². The zero-order chi connectivity index (χ0) is 22.5. The number of halogens is 1. The standard InChI is InChI=1S/C22H28FNO5S/c1-5-29-19-11-10-17(14-18(19)21(25)26)30(27,28)24-20(22(2,3)4)12-9-15-7-6-8-16(23)13-15/h6-8,10-11,13-14,20,24H,5,9,12H2,1-4H3,(H,25,26). The van der Waals surface area contributed by atoms with Crippen molar-refractivity contribution in [3.05, 3.63) is 59.4 Å². The van der Waals surface area contributed by atoms with E-state index in [9.17, 15) is 22.7 Å². The minimum Gasteiger partial charge on any atom is -0.493 e. The van der Waals surface area contributed by atoms with Gasteiger partial charge in [-0.1, -0.05) is 32.9 Å². The molecule has 0 saturated heterocycles. The molecule has 2 aromatic carbocycles. The van der Waals surface area contributed by atoms with Crippen molar-refractivity contribution in [3.63, 3.8) is 0 Å². The third kappa shape index (κ3) is 6.27. The molecule has 0 aliphatic rings. The van der Waals surface area contributed by atoms with Gasteiger partial charge in [-0.15, -0.1) is 0 Å². The summed E-state index contributed by atoms with van der Waals surface area (Å²) in [5.74, 6) is -1.49. The highest BCUT2D eigenvalue weighted by Gasteiger charge is 2.30. The third-order valence-corrected chi connectivity index (χ3v) is 6.21. The van der Waals surface area contributed by atoms with Gasteiger partial charge in [-0.25, -0.2) is 22.3 Å². The van der Waals surface area contributed by atoms with Crippen LogP contribution < -0.4 is 9.46 Å². The maximum Gasteiger partial charge on any atom is 0.339 e. The van der Waals surface area contributed by atoms with E-state index in [1.54, 1.807) is 19.1 Å². The van der Waals surface area contributed by atoms with Crippen molar-refractivity contribution in [1.82, 2.24) is 4.72 Å². The number of aryl methyl sites for hydroxylation is 1. The Labute approximate surface area is 177 Å². The van der Waals surface area contributed by atoms with Crippen LogP contribution in [-0.2, 0) is 16.4 Å². The van der Waals surface area contributed by atoms with Gasteiger partial charge in [-0.05, 0) is 61.1 Å². The molecule has 2 N–H and O–H groups in total. The summed E-state index contributed by atoms with van der Waals surface area (Å²) in [6.07, 6.45) is 0.945. The molecule has 0 fully saturated rings. The second kappa shape index (κ2) is 9.57. The number of sulfonamides is 1. The molecule has 0 spiro atoms. The number of ether oxygens (including phenoxy) is 1. The first kappa shape index (κ1) is 23.8. The summed E-state index contributed by atoms with van der Waals surface area (Å²) in [5.41, 5.74) is 0.144. The Balaban J connectivity index is 2.28. The zero-order valence-corrected chi connectivity index (χ0v) is 18.4. The average molecular weight is 438 g/mol. The molecule has 30 heavy (non-hydrogen) atoms. The molecular formula is C22H28FNO5S. The minimum atomic E-state index is -3.99. The van der Waals surface area contributed by atoms with Crippen LogP contribution in [-0.4, -0.2) is 32.1 Å². The van der Waals surface area contributed by atoms with Crippen molar-refractivity contribution < 1.29 is 27.4 Å². The SMILES string of the molecule is CCOc1ccc(S(=O)(=O)NC(CCc2cccc(F)c2)C(C)(C)C)cc1C(=O)O. The summed E-state index contributed by atoms with van der Waals surface area (Å²) in [6.45, 7) is 7.70. The second-order valence-electron chi connectivity index (χ2n) is 8.10. The Morgan fingerprint density at radius 2 is 1.90 bits per heavy atom. The van der Waals surface area contributed by atoms with Gasteiger partial charge in [0, 0.05) is 6.04 Å². The summed E-state index contributed by atoms with van der Waals surface area (Å²) >= 11 is 0. The quantitative estimate of drug-likeness (QED) is 0.612. The Bertz CT molecular complexity index is 999. The van der Waals surface area contributed by atoms with Gasteiger partial charge in [0.25, 0.3) is 0 Å². The van der Waals surface area contributed by atoms with Gasteiger partial charge in [0.15, 0.2) is 0 Å². The Morgan fingerprint density at radius 3 is 2.47 bits per heavy atom. The van der Waals surface area contributed by atoms with Crippen molar-refractivity contribution in [2.24, 2.45) is 5.41 Å². The topological polar surface area (TPSA) is 92.7 Å². The van der Waals surface area contributed by atoms with Crippen LogP contribution in [0.4, 0.5) is 4.39 Å². The number of benzene rings is 2. The Hall–Kier alpha value is -2.45. The normalized spacial score (nSPS) is 13.1. The van der Waals surface area contributed by atoms with E-state index in [1.807, 2.05) is 20.8 Å². The van der Waals surface area contributed by atoms with Gasteiger partial charge in [0.2, 0.25) is 10.0 Å². The average Bonchev–Trinajstić information content (AvgIpc) is 2.64. The zero-order valence-electron chi connectivity index (χ0n) is 17.6. The van der Waals surface area contributed by atoms with Gasteiger partial charge in [-0.3, -0.25) is 0 Å². The number of nitrogens with one attached hydrogen (secondary N) is 1. The van der Waals surface area contributed by atoms with Crippen LogP contribution >= 0.6 is 0 Å². The van der Waals surface area contributed by atoms with Crippen molar-refractivity contribution in [1.29, 1.82) is 0 Å². The molecular weight excluding hydrogens is 409 g/mol. The molecule has 2 aromatic rings. The molecule has 0 aliphatic carbocycles. The van der Waals surface area contributed by atoms with Crippen molar-refractivity contribution in [2.75, 3.05) is 6.61 Å². The Morgan fingerprint density at radius 1 is 1.20 bits per heavy atom. The lowest BCUT2D eigenvalue weighted by atomic mass is 9.84. The van der Waals surface area contributed by atoms with Crippen molar-refractivity contribution >= 4 is 16.0 Å². The molecule has 2 rings (SSSR count). The fourth-order valence-electron chi connectivity index (χ4n) is 3.05. The second-order valence-corrected chi connectivity index (χ2v) is 9.82. The molecule has 1 unspecified atom stereocenters. The molecule has 1 atom stereocenters. The molecule has 0 heterocycles. The van der Waals surface area contributed by atoms with E-state index >= 15 is 0 Å². The number of aromatic carboxylic acids is 1. The number of hydrogen-bond donors (Lipinski definition) is 2. The summed E-state index contributed by atoms with van der Waals surface area (Å²) in [7, 11) is -3.99. The lowest BCUT2D eigenvalue weighted by Gasteiger charge is -2.31. The van der Waals surface area contributed by atoms with E-state index in [2.05, 4.69) is 4.72 Å². The van der Waals surface area contributed by atoms with Gasteiger partial charge in [0.1, 0.15) is 17.1 Å². The molecule has 8 heteroatoms. The number of carboxylic acid groups (broad SMARTS) is 1. The fourth-order valence-corrected chi connectivity index (χ4v) is 4.55. The van der Waals surface area contributed by atoms with E-state index in [4.69, 9.17) is 4.74 Å². The van der Waals surface area contributed by atoms with Crippen LogP contribution in [0.15, 0.2) is 47.4 Å². The highest BCUT2D eigenvalue weighted by Crippen LogP contribution is 2.27. The minimum absolute atomic E-state index is 0.113. The number of rotatable bonds is 9. The Kier molecular flexibility index (Phi) is 7.60. The first-order chi connectivity index (χ1) is 13.9. The van der Waals surface area contributed by atoms with Crippen molar-refractivity contribution in [2.45, 2.75) is 51.5 Å². The monoisotopic (exact) mass is 437 g/mol. The van der Waals surface area contributed by atoms with Gasteiger partial charge in [-0.2, -0.15) is 0 Å². The highest BCUT2D eigenvalue weighted by atomic mass is 32.2. The van der Waals surface area contributed by atoms with E-state index in [0.29, 0.717) is 12.8 Å². The van der Waals surface area contributed by atoms with Crippen molar-refractivity contribution in [3.8, 4) is 5.75 Å².